The Hall–Kier alpha value is -3.36. The first-order chi connectivity index (χ1) is 16.8. The third-order valence-electron chi connectivity index (χ3n) is 6.96. The van der Waals surface area contributed by atoms with E-state index in [1.807, 2.05) is 0 Å². The molecule has 1 atom stereocenters. The van der Waals surface area contributed by atoms with Crippen molar-refractivity contribution >= 4 is 0 Å². The summed E-state index contributed by atoms with van der Waals surface area (Å²) in [4.78, 5) is 8.13. The fourth-order valence-electron chi connectivity index (χ4n) is 5.32. The molecule has 6 rings (SSSR count). The van der Waals surface area contributed by atoms with Crippen LogP contribution >= 0.6 is 0 Å². The number of halogens is 7. The van der Waals surface area contributed by atoms with E-state index in [0.29, 0.717) is 16.4 Å². The Morgan fingerprint density at radius 1 is 1.03 bits per heavy atom. The Balaban J connectivity index is 1.39. The molecular weight excluding hydrogens is 501 g/mol. The summed E-state index contributed by atoms with van der Waals surface area (Å²) in [7, 11) is 0. The highest BCUT2D eigenvalue weighted by molar-refractivity contribution is 5.41. The smallest absolute Gasteiger partial charge is 0.422 e. The lowest BCUT2D eigenvalue weighted by atomic mass is 9.31. The zero-order valence-electron chi connectivity index (χ0n) is 18.2. The van der Waals surface area contributed by atoms with Gasteiger partial charge in [-0.3, -0.25) is 0 Å². The molecule has 0 saturated heterocycles. The van der Waals surface area contributed by atoms with Gasteiger partial charge in [0.05, 0.1) is 0 Å². The summed E-state index contributed by atoms with van der Waals surface area (Å²) in [6, 6.07) is 1.40. The van der Waals surface area contributed by atoms with Crippen molar-refractivity contribution in [3.05, 3.63) is 59.7 Å². The van der Waals surface area contributed by atoms with Crippen LogP contribution in [-0.2, 0) is 17.6 Å². The number of hydrogen-bond acceptors (Lipinski definition) is 7. The van der Waals surface area contributed by atoms with Crippen molar-refractivity contribution in [3.63, 3.8) is 0 Å². The van der Waals surface area contributed by atoms with E-state index in [1.165, 1.54) is 12.4 Å². The molecule has 15 heteroatoms. The molecule has 1 aromatic carbocycles. The fraction of sp³-hybridized carbons (Fsp3) is 0.476. The summed E-state index contributed by atoms with van der Waals surface area (Å²) in [6.07, 6.45) is -1.58. The monoisotopic (exact) mass is 518 g/mol. The third kappa shape index (κ3) is 3.67. The molecule has 192 valence electrons. The number of ether oxygens (including phenoxy) is 1. The summed E-state index contributed by atoms with van der Waals surface area (Å²) in [5, 5.41) is 21.9. The predicted molar refractivity (Wildman–Crippen MR) is 105 cm³/mol. The Bertz CT molecular complexity index is 1250. The number of aromatic nitrogens is 6. The average molecular weight is 518 g/mol. The molecule has 3 aromatic rings. The van der Waals surface area contributed by atoms with Gasteiger partial charge in [0.25, 0.3) is 5.92 Å². The van der Waals surface area contributed by atoms with E-state index in [4.69, 9.17) is 0 Å². The standard InChI is InChI=1S/C21H17F7N6O2/c22-13-1-2-14(15(23)3-13)19(35,9-34-32-11-31-33-34)21(27,28)18-6-17(7-18,8-18)12-4-29-16(30-5-12)36-10-20(24,25)26/h1-5,11,35H,6-10H2. The van der Waals surface area contributed by atoms with Crippen molar-refractivity contribution in [2.24, 2.45) is 5.41 Å². The van der Waals surface area contributed by atoms with Gasteiger partial charge in [-0.1, -0.05) is 0 Å². The van der Waals surface area contributed by atoms with Crippen LogP contribution in [0.1, 0.15) is 30.4 Å². The minimum Gasteiger partial charge on any atom is -0.454 e. The Morgan fingerprint density at radius 3 is 2.25 bits per heavy atom. The molecule has 2 heterocycles. The van der Waals surface area contributed by atoms with E-state index in [1.54, 1.807) is 0 Å². The molecule has 0 amide bonds. The molecule has 3 aliphatic carbocycles. The second-order valence-electron chi connectivity index (χ2n) is 9.27. The van der Waals surface area contributed by atoms with E-state index in [-0.39, 0.29) is 19.3 Å². The molecule has 36 heavy (non-hydrogen) atoms. The van der Waals surface area contributed by atoms with Crippen molar-refractivity contribution < 1.29 is 40.6 Å². The maximum absolute atomic E-state index is 16.1. The van der Waals surface area contributed by atoms with Crippen molar-refractivity contribution in [1.82, 2.24) is 30.2 Å². The molecule has 1 N–H and O–H groups in total. The molecule has 1 unspecified atom stereocenters. The summed E-state index contributed by atoms with van der Waals surface area (Å²) >= 11 is 0. The van der Waals surface area contributed by atoms with Crippen LogP contribution in [0.15, 0.2) is 36.9 Å². The molecule has 2 bridgehead atoms. The summed E-state index contributed by atoms with van der Waals surface area (Å²) in [5.41, 5.74) is -6.06. The van der Waals surface area contributed by atoms with Gasteiger partial charge in [-0.2, -0.15) is 18.0 Å². The Labute approximate surface area is 198 Å². The van der Waals surface area contributed by atoms with E-state index in [2.05, 4.69) is 30.1 Å². The highest BCUT2D eigenvalue weighted by Crippen LogP contribution is 2.80. The lowest BCUT2D eigenvalue weighted by molar-refractivity contribution is -0.348. The van der Waals surface area contributed by atoms with Crippen LogP contribution in [0.2, 0.25) is 0 Å². The zero-order valence-corrected chi connectivity index (χ0v) is 18.2. The van der Waals surface area contributed by atoms with Gasteiger partial charge in [-0.25, -0.2) is 27.5 Å². The van der Waals surface area contributed by atoms with Gasteiger partial charge in [0.2, 0.25) is 0 Å². The van der Waals surface area contributed by atoms with Crippen LogP contribution in [0, 0.1) is 17.0 Å². The van der Waals surface area contributed by atoms with Gasteiger partial charge in [-0.15, -0.1) is 10.2 Å². The van der Waals surface area contributed by atoms with Gasteiger partial charge in [0, 0.05) is 34.9 Å². The quantitative estimate of drug-likeness (QED) is 0.457. The maximum Gasteiger partial charge on any atom is 0.422 e. The topological polar surface area (TPSA) is 98.8 Å². The average Bonchev–Trinajstić information content (AvgIpc) is 3.23. The van der Waals surface area contributed by atoms with Crippen LogP contribution in [0.25, 0.3) is 0 Å². The van der Waals surface area contributed by atoms with Crippen molar-refractivity contribution in [3.8, 4) is 6.01 Å². The second-order valence-corrected chi connectivity index (χ2v) is 9.27. The van der Waals surface area contributed by atoms with Gasteiger partial charge >= 0.3 is 12.2 Å². The van der Waals surface area contributed by atoms with Gasteiger partial charge in [-0.05, 0) is 42.2 Å². The molecule has 0 spiro atoms. The Kier molecular flexibility index (Phi) is 5.29. The summed E-state index contributed by atoms with van der Waals surface area (Å²) < 4.78 is 102. The normalized spacial score (nSPS) is 25.0. The predicted octanol–water partition coefficient (Wildman–Crippen LogP) is 3.33. The number of nitrogens with zero attached hydrogens (tertiary/aromatic N) is 6. The van der Waals surface area contributed by atoms with Crippen molar-refractivity contribution in [1.29, 1.82) is 0 Å². The number of aliphatic hydroxyl groups is 1. The van der Waals surface area contributed by atoms with Gasteiger partial charge in [0.1, 0.15) is 18.2 Å². The molecule has 3 fully saturated rings. The fourth-order valence-corrected chi connectivity index (χ4v) is 5.32. The van der Waals surface area contributed by atoms with Crippen molar-refractivity contribution in [2.75, 3.05) is 6.61 Å². The number of benzene rings is 1. The van der Waals surface area contributed by atoms with Gasteiger partial charge in [0.15, 0.2) is 18.5 Å². The zero-order chi connectivity index (χ0) is 26.0. The minimum atomic E-state index is -4.57. The van der Waals surface area contributed by atoms with E-state index >= 15 is 8.78 Å². The van der Waals surface area contributed by atoms with Gasteiger partial charge < -0.3 is 9.84 Å². The highest BCUT2D eigenvalue weighted by atomic mass is 19.4. The molecule has 8 nitrogen and oxygen atoms in total. The van der Waals surface area contributed by atoms with E-state index in [9.17, 15) is 27.1 Å². The SMILES string of the molecule is OC(Cn1ncnn1)(c1ccc(F)cc1F)C(F)(F)C12CC(c3cnc(OCC(F)(F)F)nc3)(C1)C2. The first-order valence-electron chi connectivity index (χ1n) is 10.6. The lowest BCUT2D eigenvalue weighted by Crippen LogP contribution is -2.76. The van der Waals surface area contributed by atoms with E-state index in [0.717, 1.165) is 18.5 Å². The Morgan fingerprint density at radius 2 is 1.69 bits per heavy atom. The number of tetrazole rings is 1. The number of alkyl halides is 5. The molecule has 3 aliphatic rings. The number of hydrogen-bond donors (Lipinski definition) is 1. The number of rotatable bonds is 8. The second kappa shape index (κ2) is 7.82. The maximum atomic E-state index is 16.1. The largest absolute Gasteiger partial charge is 0.454 e. The molecule has 2 aromatic heterocycles. The van der Waals surface area contributed by atoms with Crippen LogP contribution < -0.4 is 4.74 Å². The van der Waals surface area contributed by atoms with Crippen molar-refractivity contribution in [2.45, 2.75) is 48.9 Å². The summed E-state index contributed by atoms with van der Waals surface area (Å²) in [5.74, 6) is -6.29. The minimum absolute atomic E-state index is 0.130. The molecule has 0 radical (unpaired) electrons. The van der Waals surface area contributed by atoms with Crippen LogP contribution in [0.5, 0.6) is 6.01 Å². The van der Waals surface area contributed by atoms with Crippen LogP contribution in [0.4, 0.5) is 30.7 Å². The van der Waals surface area contributed by atoms with Crippen LogP contribution in [-0.4, -0.2) is 54.0 Å². The lowest BCUT2D eigenvalue weighted by Gasteiger charge is -2.74. The summed E-state index contributed by atoms with van der Waals surface area (Å²) in [6.45, 7) is -2.53. The first-order valence-corrected chi connectivity index (χ1v) is 10.6. The molecule has 3 saturated carbocycles. The third-order valence-corrected chi connectivity index (χ3v) is 6.96. The van der Waals surface area contributed by atoms with Crippen LogP contribution in [0.3, 0.4) is 0 Å². The van der Waals surface area contributed by atoms with E-state index < -0.39 is 64.9 Å². The molecular formula is C21H17F7N6O2. The highest BCUT2D eigenvalue weighted by Gasteiger charge is 2.82. The molecule has 0 aliphatic heterocycles. The first kappa shape index (κ1) is 24.3.